The van der Waals surface area contributed by atoms with E-state index in [1.54, 1.807) is 0 Å². The maximum absolute atomic E-state index is 13.3. The van der Waals surface area contributed by atoms with Crippen LogP contribution in [0.15, 0.2) is 54.7 Å². The molecule has 0 saturated heterocycles. The lowest BCUT2D eigenvalue weighted by molar-refractivity contribution is 0.584. The van der Waals surface area contributed by atoms with Crippen LogP contribution in [0.4, 0.5) is 20.4 Å². The Kier molecular flexibility index (Phi) is 3.39. The Morgan fingerprint density at radius 1 is 1.00 bits per heavy atom. The Bertz CT molecular complexity index is 746. The first-order valence-electron chi connectivity index (χ1n) is 6.46. The highest BCUT2D eigenvalue weighted by Crippen LogP contribution is 2.22. The van der Waals surface area contributed by atoms with Gasteiger partial charge in [-0.25, -0.2) is 13.8 Å². The van der Waals surface area contributed by atoms with Crippen molar-refractivity contribution in [3.63, 3.8) is 0 Å². The van der Waals surface area contributed by atoms with E-state index in [1.165, 1.54) is 12.1 Å². The molecule has 2 aromatic carbocycles. The first-order chi connectivity index (χ1) is 10.1. The number of para-hydroxylation sites is 1. The van der Waals surface area contributed by atoms with Gasteiger partial charge in [-0.2, -0.15) is 0 Å². The van der Waals surface area contributed by atoms with E-state index < -0.39 is 11.6 Å². The lowest BCUT2D eigenvalue weighted by Crippen LogP contribution is -2.01. The van der Waals surface area contributed by atoms with Crippen molar-refractivity contribution < 1.29 is 8.78 Å². The van der Waals surface area contributed by atoms with Crippen LogP contribution in [-0.2, 0) is 0 Å². The Morgan fingerprint density at radius 3 is 2.33 bits per heavy atom. The summed E-state index contributed by atoms with van der Waals surface area (Å²) in [6.45, 7) is 1.86. The van der Waals surface area contributed by atoms with Gasteiger partial charge in [-0.1, -0.05) is 18.2 Å². The van der Waals surface area contributed by atoms with Gasteiger partial charge in [0.05, 0.1) is 5.69 Å². The summed E-state index contributed by atoms with van der Waals surface area (Å²) in [6.07, 6.45) is 1.85. The van der Waals surface area contributed by atoms with Crippen LogP contribution < -0.4 is 5.32 Å². The zero-order valence-corrected chi connectivity index (χ0v) is 11.3. The highest BCUT2D eigenvalue weighted by Gasteiger charge is 2.09. The zero-order chi connectivity index (χ0) is 14.8. The number of imidazole rings is 1. The number of hydrogen-bond donors (Lipinski definition) is 1. The van der Waals surface area contributed by atoms with Crippen molar-refractivity contribution in [2.24, 2.45) is 0 Å². The fourth-order valence-corrected chi connectivity index (χ4v) is 2.13. The second-order valence-corrected chi connectivity index (χ2v) is 4.69. The fraction of sp³-hybridized carbons (Fsp3) is 0.0625. The molecule has 3 nitrogen and oxygen atoms in total. The normalized spacial score (nSPS) is 10.6. The summed E-state index contributed by atoms with van der Waals surface area (Å²) in [4.78, 5) is 4.35. The molecular weight excluding hydrogens is 272 g/mol. The third-order valence-corrected chi connectivity index (χ3v) is 2.98. The van der Waals surface area contributed by atoms with Crippen LogP contribution in [0, 0.1) is 18.6 Å². The monoisotopic (exact) mass is 285 g/mol. The van der Waals surface area contributed by atoms with Crippen LogP contribution in [0.1, 0.15) is 5.69 Å². The molecule has 0 bridgehead atoms. The Labute approximate surface area is 120 Å². The predicted octanol–water partition coefficient (Wildman–Crippen LogP) is 4.20. The van der Waals surface area contributed by atoms with Crippen molar-refractivity contribution in [2.45, 2.75) is 6.92 Å². The van der Waals surface area contributed by atoms with Crippen LogP contribution in [0.5, 0.6) is 0 Å². The van der Waals surface area contributed by atoms with Crippen molar-refractivity contribution in [3.8, 4) is 5.69 Å². The minimum atomic E-state index is -0.632. The number of nitrogens with zero attached hydrogens (tertiary/aromatic N) is 2. The average molecular weight is 285 g/mol. The number of rotatable bonds is 3. The summed E-state index contributed by atoms with van der Waals surface area (Å²) in [7, 11) is 0. The maximum Gasteiger partial charge on any atom is 0.212 e. The van der Waals surface area contributed by atoms with E-state index in [0.717, 1.165) is 17.4 Å². The van der Waals surface area contributed by atoms with Crippen molar-refractivity contribution >= 4 is 11.6 Å². The first-order valence-corrected chi connectivity index (χ1v) is 6.46. The number of halogens is 2. The molecule has 0 aliphatic rings. The molecule has 106 valence electrons. The van der Waals surface area contributed by atoms with Gasteiger partial charge in [0, 0.05) is 23.6 Å². The van der Waals surface area contributed by atoms with Crippen LogP contribution in [-0.4, -0.2) is 9.55 Å². The summed E-state index contributed by atoms with van der Waals surface area (Å²) >= 11 is 0. The Morgan fingerprint density at radius 2 is 1.67 bits per heavy atom. The molecule has 0 aliphatic heterocycles. The van der Waals surface area contributed by atoms with E-state index in [-0.39, 0.29) is 0 Å². The molecular formula is C16H13F2N3. The molecule has 3 rings (SSSR count). The number of aromatic nitrogens is 2. The van der Waals surface area contributed by atoms with Crippen LogP contribution in [0.2, 0.25) is 0 Å². The van der Waals surface area contributed by atoms with Gasteiger partial charge >= 0.3 is 0 Å². The van der Waals surface area contributed by atoms with Crippen molar-refractivity contribution in [2.75, 3.05) is 5.32 Å². The summed E-state index contributed by atoms with van der Waals surface area (Å²) in [5, 5.41) is 2.95. The van der Waals surface area contributed by atoms with Gasteiger partial charge in [-0.15, -0.1) is 0 Å². The van der Waals surface area contributed by atoms with E-state index in [9.17, 15) is 8.78 Å². The molecule has 5 heteroatoms. The lowest BCUT2D eigenvalue weighted by Gasteiger charge is -2.10. The SMILES string of the molecule is Cc1cn(-c2ccccc2)c(Nc2cc(F)cc(F)c2)n1. The molecule has 0 atom stereocenters. The molecule has 0 aliphatic carbocycles. The molecule has 0 saturated carbocycles. The summed E-state index contributed by atoms with van der Waals surface area (Å²) in [5.74, 6) is -0.761. The number of nitrogens with one attached hydrogen (secondary N) is 1. The van der Waals surface area contributed by atoms with Gasteiger partial charge in [-0.3, -0.25) is 4.57 Å². The summed E-state index contributed by atoms with van der Waals surface area (Å²) < 4.78 is 28.3. The number of anilines is 2. The first kappa shape index (κ1) is 13.3. The topological polar surface area (TPSA) is 29.9 Å². The number of hydrogen-bond acceptors (Lipinski definition) is 2. The molecule has 1 aromatic heterocycles. The Hall–Kier alpha value is -2.69. The average Bonchev–Trinajstić information content (AvgIpc) is 2.79. The summed E-state index contributed by atoms with van der Waals surface area (Å²) in [5.41, 5.74) is 2.03. The van der Waals surface area contributed by atoms with Gasteiger partial charge in [0.1, 0.15) is 11.6 Å². The minimum absolute atomic E-state index is 0.315. The highest BCUT2D eigenvalue weighted by molar-refractivity contribution is 5.56. The van der Waals surface area contributed by atoms with Crippen molar-refractivity contribution in [1.82, 2.24) is 9.55 Å². The molecule has 0 spiro atoms. The standard InChI is InChI=1S/C16H13F2N3/c1-11-10-21(15-5-3-2-4-6-15)16(19-11)20-14-8-12(17)7-13(18)9-14/h2-10H,1H3,(H,19,20). The smallest absolute Gasteiger partial charge is 0.212 e. The molecule has 0 radical (unpaired) electrons. The van der Waals surface area contributed by atoms with E-state index >= 15 is 0 Å². The molecule has 1 heterocycles. The maximum atomic E-state index is 13.3. The van der Waals surface area contributed by atoms with Crippen molar-refractivity contribution in [1.29, 1.82) is 0 Å². The Balaban J connectivity index is 1.99. The quantitative estimate of drug-likeness (QED) is 0.781. The molecule has 0 fully saturated rings. The molecule has 3 aromatic rings. The molecule has 1 N–H and O–H groups in total. The van der Waals surface area contributed by atoms with Crippen molar-refractivity contribution in [3.05, 3.63) is 72.1 Å². The van der Waals surface area contributed by atoms with Gasteiger partial charge in [0.25, 0.3) is 0 Å². The molecule has 21 heavy (non-hydrogen) atoms. The van der Waals surface area contributed by atoms with Crippen LogP contribution in [0.25, 0.3) is 5.69 Å². The van der Waals surface area contributed by atoms with E-state index in [4.69, 9.17) is 0 Å². The van der Waals surface area contributed by atoms with Gasteiger partial charge in [-0.05, 0) is 31.2 Å². The van der Waals surface area contributed by atoms with Crippen LogP contribution >= 0.6 is 0 Å². The predicted molar refractivity (Wildman–Crippen MR) is 77.9 cm³/mol. The second kappa shape index (κ2) is 5.36. The fourth-order valence-electron chi connectivity index (χ4n) is 2.13. The van der Waals surface area contributed by atoms with E-state index in [0.29, 0.717) is 11.6 Å². The van der Waals surface area contributed by atoms with Crippen LogP contribution in [0.3, 0.4) is 0 Å². The highest BCUT2D eigenvalue weighted by atomic mass is 19.1. The number of aryl methyl sites for hydroxylation is 1. The van der Waals surface area contributed by atoms with Gasteiger partial charge in [0.2, 0.25) is 5.95 Å². The van der Waals surface area contributed by atoms with E-state index in [1.807, 2.05) is 48.0 Å². The summed E-state index contributed by atoms with van der Waals surface area (Å²) in [6, 6.07) is 12.9. The van der Waals surface area contributed by atoms with Gasteiger partial charge < -0.3 is 5.32 Å². The van der Waals surface area contributed by atoms with Gasteiger partial charge in [0.15, 0.2) is 0 Å². The molecule has 0 amide bonds. The number of benzene rings is 2. The largest absolute Gasteiger partial charge is 0.325 e. The third kappa shape index (κ3) is 2.91. The molecule has 0 unspecified atom stereocenters. The second-order valence-electron chi connectivity index (χ2n) is 4.69. The zero-order valence-electron chi connectivity index (χ0n) is 11.3. The lowest BCUT2D eigenvalue weighted by atomic mass is 10.3. The minimum Gasteiger partial charge on any atom is -0.325 e. The van der Waals surface area contributed by atoms with E-state index in [2.05, 4.69) is 10.3 Å². The third-order valence-electron chi connectivity index (χ3n) is 2.98.